The van der Waals surface area contributed by atoms with Crippen molar-refractivity contribution >= 4 is 29.5 Å². The molecule has 0 saturated carbocycles. The molecule has 7 heteroatoms. The Hall–Kier alpha value is -4.52. The molecule has 0 fully saturated rings. The van der Waals surface area contributed by atoms with Gasteiger partial charge in [0.05, 0.1) is 5.41 Å². The highest BCUT2D eigenvalue weighted by Gasteiger charge is 2.51. The van der Waals surface area contributed by atoms with Crippen LogP contribution < -0.4 is 10.6 Å². The Bertz CT molecular complexity index is 1460. The molecule has 1 unspecified atom stereocenters. The highest BCUT2D eigenvalue weighted by atomic mass is 16.2. The molecule has 0 saturated heterocycles. The molecule has 1 atom stereocenters. The Kier molecular flexibility index (Phi) is 6.92. The summed E-state index contributed by atoms with van der Waals surface area (Å²) >= 11 is 0. The molecule has 2 N–H and O–H groups in total. The Balaban J connectivity index is 1.32. The lowest BCUT2D eigenvalue weighted by molar-refractivity contribution is -0.127. The highest BCUT2D eigenvalue weighted by Crippen LogP contribution is 2.47. The minimum absolute atomic E-state index is 0.000754. The molecule has 7 nitrogen and oxygen atoms in total. The lowest BCUT2D eigenvalue weighted by Gasteiger charge is -2.21. The number of anilines is 2. The van der Waals surface area contributed by atoms with Crippen LogP contribution in [0.2, 0.25) is 0 Å². The first-order valence-corrected chi connectivity index (χ1v) is 12.8. The zero-order valence-electron chi connectivity index (χ0n) is 21.7. The molecule has 192 valence electrons. The van der Waals surface area contributed by atoms with Crippen LogP contribution in [-0.4, -0.2) is 34.5 Å². The number of carbonyl (C=O) groups is 2. The number of amides is 2. The van der Waals surface area contributed by atoms with E-state index in [0.29, 0.717) is 43.1 Å². The second-order valence-electron chi connectivity index (χ2n) is 9.64. The van der Waals surface area contributed by atoms with Crippen LogP contribution in [0, 0.1) is 0 Å². The van der Waals surface area contributed by atoms with Crippen molar-refractivity contribution in [1.82, 2.24) is 9.88 Å². The van der Waals surface area contributed by atoms with Crippen molar-refractivity contribution in [3.63, 3.8) is 0 Å². The first kappa shape index (κ1) is 25.1. The average molecular weight is 506 g/mol. The monoisotopic (exact) mass is 505 g/mol. The molecule has 2 aromatic carbocycles. The van der Waals surface area contributed by atoms with E-state index in [0.717, 1.165) is 27.9 Å². The molecule has 0 radical (unpaired) electrons. The van der Waals surface area contributed by atoms with E-state index in [1.807, 2.05) is 55.5 Å². The maximum Gasteiger partial charge on any atom is 0.272 e. The number of aliphatic imine (C=N–C) groups is 1. The van der Waals surface area contributed by atoms with Gasteiger partial charge in [-0.3, -0.25) is 14.6 Å². The summed E-state index contributed by atoms with van der Waals surface area (Å²) in [6.07, 6.45) is 6.24. The maximum absolute atomic E-state index is 13.3. The van der Waals surface area contributed by atoms with Crippen LogP contribution in [0.3, 0.4) is 0 Å². The number of nitrogens with one attached hydrogen (secondary N) is 2. The van der Waals surface area contributed by atoms with Crippen molar-refractivity contribution in [3.05, 3.63) is 113 Å². The number of allylic oxidation sites excluding steroid dienone is 1. The van der Waals surface area contributed by atoms with E-state index in [1.165, 1.54) is 0 Å². The number of likely N-dealkylation sites (N-methyl/N-ethyl adjacent to an activating group) is 1. The molecule has 1 aromatic heterocycles. The summed E-state index contributed by atoms with van der Waals surface area (Å²) in [6, 6.07) is 19.9. The lowest BCUT2D eigenvalue weighted by Crippen LogP contribution is -2.35. The molecule has 1 spiro atoms. The molecule has 2 amide bonds. The van der Waals surface area contributed by atoms with E-state index < -0.39 is 5.41 Å². The normalized spacial score (nSPS) is 17.8. The van der Waals surface area contributed by atoms with Crippen molar-refractivity contribution in [2.45, 2.75) is 38.6 Å². The first-order chi connectivity index (χ1) is 18.4. The largest absolute Gasteiger partial charge is 0.356 e. The molecular weight excluding hydrogens is 474 g/mol. The molecule has 1 aliphatic carbocycles. The van der Waals surface area contributed by atoms with Gasteiger partial charge in [0.1, 0.15) is 11.5 Å². The number of benzene rings is 2. The standard InChI is InChI=1S/C31H31N5O2/c1-4-32-27(29(37)36(5-2)20-22-10-7-6-8-11-22)16-21(3)34-25-14-13-23-18-31(19-24(23)17-25)26-12-9-15-33-28(26)35-30(31)38/h4,6-17,34H,3,5,18-20H2,1-2H3,(H,33,35,38)/b27-16-,32-4?. The van der Waals surface area contributed by atoms with Crippen LogP contribution in [0.1, 0.15) is 36.1 Å². The van der Waals surface area contributed by atoms with E-state index in [2.05, 4.69) is 39.3 Å². The molecular formula is C31H31N5O2. The van der Waals surface area contributed by atoms with Gasteiger partial charge < -0.3 is 15.5 Å². The zero-order valence-corrected chi connectivity index (χ0v) is 21.7. The summed E-state index contributed by atoms with van der Waals surface area (Å²) in [5.74, 6) is 0.498. The Morgan fingerprint density at radius 3 is 2.71 bits per heavy atom. The van der Waals surface area contributed by atoms with E-state index in [4.69, 9.17) is 0 Å². The predicted molar refractivity (Wildman–Crippen MR) is 151 cm³/mol. The van der Waals surface area contributed by atoms with Gasteiger partial charge >= 0.3 is 0 Å². The van der Waals surface area contributed by atoms with Gasteiger partial charge in [-0.15, -0.1) is 0 Å². The molecule has 0 bridgehead atoms. The highest BCUT2D eigenvalue weighted by molar-refractivity contribution is 6.06. The molecule has 1 aliphatic heterocycles. The number of hydrogen-bond donors (Lipinski definition) is 2. The number of hydrogen-bond acceptors (Lipinski definition) is 5. The van der Waals surface area contributed by atoms with Gasteiger partial charge in [-0.1, -0.05) is 49.0 Å². The smallest absolute Gasteiger partial charge is 0.272 e. The number of nitrogens with zero attached hydrogens (tertiary/aromatic N) is 3. The fraction of sp³-hybridized carbons (Fsp3) is 0.226. The quantitative estimate of drug-likeness (QED) is 0.256. The second kappa shape index (κ2) is 10.5. The summed E-state index contributed by atoms with van der Waals surface area (Å²) < 4.78 is 0. The number of aromatic nitrogens is 1. The maximum atomic E-state index is 13.3. The molecule has 5 rings (SSSR count). The topological polar surface area (TPSA) is 86.7 Å². The van der Waals surface area contributed by atoms with Crippen LogP contribution in [-0.2, 0) is 34.4 Å². The van der Waals surface area contributed by atoms with Crippen molar-refractivity contribution in [2.75, 3.05) is 17.2 Å². The van der Waals surface area contributed by atoms with Gasteiger partial charge in [0.2, 0.25) is 5.91 Å². The van der Waals surface area contributed by atoms with Crippen molar-refractivity contribution < 1.29 is 9.59 Å². The van der Waals surface area contributed by atoms with Crippen LogP contribution in [0.15, 0.2) is 95.9 Å². The van der Waals surface area contributed by atoms with Gasteiger partial charge in [-0.05, 0) is 67.7 Å². The minimum Gasteiger partial charge on any atom is -0.356 e. The minimum atomic E-state index is -0.612. The van der Waals surface area contributed by atoms with Crippen molar-refractivity contribution in [3.8, 4) is 0 Å². The SMILES string of the molecule is C=C(/C=C(\N=CC)C(=O)N(CC)Cc1ccccc1)Nc1ccc2c(c1)CC1(C2)C(=O)Nc2ncccc21. The third-order valence-corrected chi connectivity index (χ3v) is 7.17. The number of rotatable bonds is 8. The molecule has 3 aromatic rings. The van der Waals surface area contributed by atoms with Gasteiger partial charge in [0.15, 0.2) is 0 Å². The summed E-state index contributed by atoms with van der Waals surface area (Å²) in [5.41, 5.74) is 5.38. The Morgan fingerprint density at radius 1 is 1.16 bits per heavy atom. The number of pyridine rings is 1. The van der Waals surface area contributed by atoms with E-state index >= 15 is 0 Å². The van der Waals surface area contributed by atoms with Gasteiger partial charge in [-0.2, -0.15) is 0 Å². The average Bonchev–Trinajstić information content (AvgIpc) is 3.44. The van der Waals surface area contributed by atoms with Crippen LogP contribution >= 0.6 is 0 Å². The van der Waals surface area contributed by atoms with Gasteiger partial charge in [-0.25, -0.2) is 4.98 Å². The summed E-state index contributed by atoms with van der Waals surface area (Å²) in [5, 5.41) is 6.25. The van der Waals surface area contributed by atoms with Crippen LogP contribution in [0.4, 0.5) is 11.5 Å². The molecule has 2 aliphatic rings. The van der Waals surface area contributed by atoms with E-state index in [-0.39, 0.29) is 11.8 Å². The first-order valence-electron chi connectivity index (χ1n) is 12.8. The fourth-order valence-electron chi connectivity index (χ4n) is 5.32. The number of carbonyl (C=O) groups excluding carboxylic acids is 2. The van der Waals surface area contributed by atoms with Gasteiger partial charge in [0.25, 0.3) is 5.91 Å². The fourth-order valence-corrected chi connectivity index (χ4v) is 5.32. The second-order valence-corrected chi connectivity index (χ2v) is 9.64. The molecule has 2 heterocycles. The van der Waals surface area contributed by atoms with Crippen LogP contribution in [0.25, 0.3) is 0 Å². The number of fused-ring (bicyclic) bond motifs is 3. The Labute approximate surface area is 223 Å². The van der Waals surface area contributed by atoms with Crippen LogP contribution in [0.5, 0.6) is 0 Å². The van der Waals surface area contributed by atoms with E-state index in [9.17, 15) is 9.59 Å². The Morgan fingerprint density at radius 2 is 1.95 bits per heavy atom. The van der Waals surface area contributed by atoms with Crippen molar-refractivity contribution in [2.24, 2.45) is 4.99 Å². The summed E-state index contributed by atoms with van der Waals surface area (Å²) in [6.45, 7) is 8.93. The van der Waals surface area contributed by atoms with Crippen molar-refractivity contribution in [1.29, 1.82) is 0 Å². The van der Waals surface area contributed by atoms with E-state index in [1.54, 1.807) is 30.3 Å². The molecule has 38 heavy (non-hydrogen) atoms. The summed E-state index contributed by atoms with van der Waals surface area (Å²) in [4.78, 5) is 36.8. The zero-order chi connectivity index (χ0) is 26.7. The van der Waals surface area contributed by atoms with Gasteiger partial charge in [0, 0.05) is 42.4 Å². The summed E-state index contributed by atoms with van der Waals surface area (Å²) in [7, 11) is 0. The lowest BCUT2D eigenvalue weighted by atomic mass is 9.79. The third-order valence-electron chi connectivity index (χ3n) is 7.17. The predicted octanol–water partition coefficient (Wildman–Crippen LogP) is 5.02. The third kappa shape index (κ3) is 4.75.